The second-order valence-corrected chi connectivity index (χ2v) is 14.4. The van der Waals surface area contributed by atoms with Gasteiger partial charge in [0.2, 0.25) is 0 Å². The predicted molar refractivity (Wildman–Crippen MR) is 172 cm³/mol. The van der Waals surface area contributed by atoms with Crippen LogP contribution in [-0.2, 0) is 20.9 Å². The molecule has 0 aromatic carbocycles. The summed E-state index contributed by atoms with van der Waals surface area (Å²) >= 11 is 0. The molecule has 246 valence electrons. The largest absolute Gasteiger partial charge is 0.457 e. The quantitative estimate of drug-likeness (QED) is 0.151. The zero-order valence-corrected chi connectivity index (χ0v) is 26.9. The van der Waals surface area contributed by atoms with E-state index in [1.807, 2.05) is 17.6 Å². The maximum absolute atomic E-state index is 13.5. The first-order valence-corrected chi connectivity index (χ1v) is 16.2. The number of ether oxygens (including phenoxy) is 1. The highest BCUT2D eigenvalue weighted by Gasteiger charge is 2.86. The summed E-state index contributed by atoms with van der Waals surface area (Å²) in [5, 5.41) is 18.3. The van der Waals surface area contributed by atoms with Crippen LogP contribution in [-0.4, -0.2) is 59.6 Å². The highest BCUT2D eigenvalue weighted by molar-refractivity contribution is 5.87. The molecule has 13 heteroatoms. The van der Waals surface area contributed by atoms with Gasteiger partial charge in [-0.2, -0.15) is 5.11 Å². The third kappa shape index (κ3) is 4.38. The number of carbonyl (C=O) groups excluding carboxylic acids is 2. The van der Waals surface area contributed by atoms with Crippen molar-refractivity contribution in [2.24, 2.45) is 39.1 Å². The number of rotatable bonds is 9. The third-order valence-electron chi connectivity index (χ3n) is 12.3. The first-order valence-electron chi connectivity index (χ1n) is 16.2. The lowest BCUT2D eigenvalue weighted by Gasteiger charge is -2.52. The molecule has 13 nitrogen and oxygen atoms in total. The van der Waals surface area contributed by atoms with Crippen LogP contribution in [0.3, 0.4) is 0 Å². The second-order valence-electron chi connectivity index (χ2n) is 14.4. The fraction of sp³-hybridized carbons (Fsp3) is 0.529. The van der Waals surface area contributed by atoms with E-state index < -0.39 is 28.5 Å². The summed E-state index contributed by atoms with van der Waals surface area (Å²) in [6, 6.07) is 3.61. The van der Waals surface area contributed by atoms with Gasteiger partial charge in [-0.25, -0.2) is 20.5 Å². The Bertz CT molecular complexity index is 1820. The maximum atomic E-state index is 13.5. The Kier molecular flexibility index (Phi) is 7.12. The fourth-order valence-electron chi connectivity index (χ4n) is 9.85. The number of aliphatic hydroxyl groups excluding tert-OH is 1. The number of imidazole rings is 1. The lowest BCUT2D eigenvalue weighted by molar-refractivity contribution is -0.166. The van der Waals surface area contributed by atoms with Crippen LogP contribution in [0, 0.1) is 39.5 Å². The van der Waals surface area contributed by atoms with Crippen molar-refractivity contribution in [3.63, 3.8) is 0 Å². The molecule has 4 fully saturated rings. The van der Waals surface area contributed by atoms with Gasteiger partial charge in [-0.05, 0) is 49.1 Å². The number of nitrogens with zero attached hydrogens (tertiary/aromatic N) is 6. The van der Waals surface area contributed by atoms with E-state index in [-0.39, 0.29) is 35.5 Å². The number of hydrogen-bond acceptors (Lipinski definition) is 12. The van der Waals surface area contributed by atoms with E-state index in [9.17, 15) is 14.7 Å². The smallest absolute Gasteiger partial charge is 0.325 e. The summed E-state index contributed by atoms with van der Waals surface area (Å²) in [5.74, 6) is -0.190. The van der Waals surface area contributed by atoms with Gasteiger partial charge in [0, 0.05) is 47.0 Å². The van der Waals surface area contributed by atoms with Gasteiger partial charge < -0.3 is 25.5 Å². The highest BCUT2D eigenvalue weighted by atomic mass is 16.6. The molecular weight excluding hydrogens is 598 g/mol. The molecule has 0 aliphatic heterocycles. The Morgan fingerprint density at radius 3 is 2.81 bits per heavy atom. The van der Waals surface area contributed by atoms with Crippen LogP contribution in [0.15, 0.2) is 55.0 Å². The number of pyridine rings is 1. The summed E-state index contributed by atoms with van der Waals surface area (Å²) in [6.45, 7) is 10.5. The lowest BCUT2D eigenvalue weighted by atomic mass is 9.52. The number of anilines is 1. The van der Waals surface area contributed by atoms with E-state index in [2.05, 4.69) is 50.8 Å². The number of esters is 1. The van der Waals surface area contributed by atoms with Crippen molar-refractivity contribution in [1.29, 1.82) is 5.53 Å². The molecule has 3 aromatic rings. The van der Waals surface area contributed by atoms with Crippen molar-refractivity contribution in [2.75, 3.05) is 12.3 Å². The SMILES string of the molecule is C=C[C@]1(C)C[C@@]2(OC(=O)CN/C=C(\N=N)c3ccc(Cn4cnc5c(N)ncnc54)nc3)[C@@H]3CC[C@]4(CCC(=O)[C@H]4[C@@]32C)[C@@H](C)[C@@H]1O. The summed E-state index contributed by atoms with van der Waals surface area (Å²) in [6.07, 6.45) is 10.6. The molecule has 4 aliphatic carbocycles. The number of fused-ring (bicyclic) bond motifs is 2. The van der Waals surface area contributed by atoms with Crippen LogP contribution in [0.1, 0.15) is 64.1 Å². The Labute approximate surface area is 272 Å². The molecule has 47 heavy (non-hydrogen) atoms. The lowest BCUT2D eigenvalue weighted by Crippen LogP contribution is -2.54. The van der Waals surface area contributed by atoms with Gasteiger partial charge in [-0.15, -0.1) is 6.58 Å². The Morgan fingerprint density at radius 2 is 2.09 bits per heavy atom. The number of nitrogen functional groups attached to an aromatic ring is 1. The first kappa shape index (κ1) is 31.1. The average molecular weight is 640 g/mol. The molecule has 4 aliphatic rings. The van der Waals surface area contributed by atoms with Crippen molar-refractivity contribution in [2.45, 2.75) is 71.1 Å². The van der Waals surface area contributed by atoms with Crippen LogP contribution in [0.2, 0.25) is 0 Å². The topological polar surface area (TPSA) is 194 Å². The van der Waals surface area contributed by atoms with Crippen molar-refractivity contribution in [3.8, 4) is 0 Å². The number of hydrogen-bond donors (Lipinski definition) is 4. The highest BCUT2D eigenvalue weighted by Crippen LogP contribution is 2.82. The molecular formula is C34H41N9O4. The summed E-state index contributed by atoms with van der Waals surface area (Å²) in [4.78, 5) is 44.0. The van der Waals surface area contributed by atoms with E-state index in [0.717, 1.165) is 25.0 Å². The standard InChI is InChI=1S/C34H41N9O4/c1-5-31(3)16-34(24-9-11-33(19(2)28(31)46)10-8-23(44)27(33)32(24,34)4)47-25(45)14-37-13-22(42-36)20-6-7-21(38-12-20)15-43-18-41-26-29(35)39-17-40-30(26)43/h5-7,12-13,17-19,24,27-28,36-37,46H,1,8-11,14-16H2,2-4H3,(H2,35,39,40)/b22-13-,42-36?/t19-,24+,27-,28-,31+,32+,33+,34+/m0/s1. The number of nitrogens with two attached hydrogens (primary N) is 1. The van der Waals surface area contributed by atoms with E-state index in [0.29, 0.717) is 47.6 Å². The van der Waals surface area contributed by atoms with Crippen LogP contribution in [0.4, 0.5) is 5.82 Å². The molecule has 3 heterocycles. The van der Waals surface area contributed by atoms with Gasteiger partial charge in [0.1, 0.15) is 35.5 Å². The van der Waals surface area contributed by atoms with Gasteiger partial charge in [0.05, 0.1) is 24.7 Å². The molecule has 3 aromatic heterocycles. The minimum absolute atomic E-state index is 0.0416. The molecule has 8 atom stereocenters. The predicted octanol–water partition coefficient (Wildman–Crippen LogP) is 4.04. The third-order valence-corrected chi connectivity index (χ3v) is 12.3. The van der Waals surface area contributed by atoms with Gasteiger partial charge in [-0.3, -0.25) is 14.6 Å². The zero-order valence-electron chi connectivity index (χ0n) is 26.9. The van der Waals surface area contributed by atoms with E-state index >= 15 is 0 Å². The Morgan fingerprint density at radius 1 is 1.28 bits per heavy atom. The summed E-state index contributed by atoms with van der Waals surface area (Å²) in [5.41, 5.74) is 14.0. The zero-order chi connectivity index (χ0) is 33.4. The van der Waals surface area contributed by atoms with Gasteiger partial charge in [-0.1, -0.05) is 26.8 Å². The van der Waals surface area contributed by atoms with E-state index in [1.54, 1.807) is 24.7 Å². The number of ketones is 1. The molecule has 0 radical (unpaired) electrons. The maximum Gasteiger partial charge on any atom is 0.325 e. The van der Waals surface area contributed by atoms with Crippen molar-refractivity contribution in [3.05, 3.63) is 61.1 Å². The molecule has 0 amide bonds. The van der Waals surface area contributed by atoms with Crippen LogP contribution < -0.4 is 11.1 Å². The summed E-state index contributed by atoms with van der Waals surface area (Å²) in [7, 11) is 0. The Hall–Kier alpha value is -4.52. The molecule has 2 bridgehead atoms. The Balaban J connectivity index is 1.06. The fourth-order valence-corrected chi connectivity index (χ4v) is 9.85. The second kappa shape index (κ2) is 10.8. The van der Waals surface area contributed by atoms with Gasteiger partial charge in [0.15, 0.2) is 11.5 Å². The monoisotopic (exact) mass is 639 g/mol. The molecule has 0 spiro atoms. The van der Waals surface area contributed by atoms with Crippen molar-refractivity contribution < 1.29 is 19.4 Å². The molecule has 4 saturated carbocycles. The van der Waals surface area contributed by atoms with Gasteiger partial charge >= 0.3 is 5.97 Å². The molecule has 7 rings (SSSR count). The molecule has 0 unspecified atom stereocenters. The number of nitrogens with one attached hydrogen (secondary N) is 2. The minimum Gasteiger partial charge on any atom is -0.457 e. The van der Waals surface area contributed by atoms with E-state index in [4.69, 9.17) is 16.0 Å². The van der Waals surface area contributed by atoms with Crippen LogP contribution in [0.5, 0.6) is 0 Å². The minimum atomic E-state index is -0.868. The number of aliphatic hydroxyl groups is 1. The van der Waals surface area contributed by atoms with Crippen molar-refractivity contribution in [1.82, 2.24) is 29.8 Å². The number of aromatic nitrogens is 5. The average Bonchev–Trinajstić information content (AvgIpc) is 3.36. The number of carbonyl (C=O) groups is 2. The molecule has 0 saturated heterocycles. The summed E-state index contributed by atoms with van der Waals surface area (Å²) < 4.78 is 8.25. The van der Waals surface area contributed by atoms with Crippen molar-refractivity contribution >= 4 is 34.4 Å². The van der Waals surface area contributed by atoms with E-state index in [1.165, 1.54) is 12.5 Å². The van der Waals surface area contributed by atoms with Gasteiger partial charge in [0.25, 0.3) is 0 Å². The normalized spacial score (nSPS) is 35.8. The first-order chi connectivity index (χ1) is 22.4. The number of Topliss-reactive ketones (excluding diaryl/α,β-unsaturated/α-hetero) is 1. The molecule has 5 N–H and O–H groups in total. The van der Waals surface area contributed by atoms with Crippen LogP contribution >= 0.6 is 0 Å². The van der Waals surface area contributed by atoms with Crippen LogP contribution in [0.25, 0.3) is 16.9 Å².